The quantitative estimate of drug-likeness (QED) is 0.200. The maximum Gasteiger partial charge on any atom is 0.255 e. The van der Waals surface area contributed by atoms with Crippen molar-refractivity contribution >= 4 is 57.8 Å². The minimum atomic E-state index is -2.50. The van der Waals surface area contributed by atoms with Crippen LogP contribution in [0, 0.1) is 30.6 Å². The Hall–Kier alpha value is -6.46. The molecular formula is C44H48N4O13. The summed E-state index contributed by atoms with van der Waals surface area (Å²) in [4.78, 5) is 78.7. The fraction of sp³-hybridized carbons (Fsp3) is 0.409. The molecule has 0 aliphatic heterocycles. The van der Waals surface area contributed by atoms with Crippen molar-refractivity contribution in [3.05, 3.63) is 85.9 Å². The lowest BCUT2D eigenvalue weighted by Gasteiger charge is -2.46. The van der Waals surface area contributed by atoms with Gasteiger partial charge in [-0.1, -0.05) is 6.07 Å². The van der Waals surface area contributed by atoms with Crippen LogP contribution in [0.15, 0.2) is 58.1 Å². The lowest BCUT2D eigenvalue weighted by atomic mass is 9.59. The molecule has 2 aromatic rings. The third kappa shape index (κ3) is 6.03. The number of aliphatic hydroxyl groups excluding tert-OH is 4. The Kier molecular flexibility index (Phi) is 10.2. The van der Waals surface area contributed by atoms with Crippen molar-refractivity contribution in [2.24, 2.45) is 35.1 Å². The van der Waals surface area contributed by atoms with Crippen molar-refractivity contribution in [1.29, 1.82) is 0 Å². The number of aryl methyl sites for hydroxylation is 1. The Labute approximate surface area is 349 Å². The molecule has 0 unspecified atom stereocenters. The summed E-state index contributed by atoms with van der Waals surface area (Å²) in [5.41, 5.74) is 8.98. The van der Waals surface area contributed by atoms with Gasteiger partial charge in [-0.05, 0) is 79.3 Å². The van der Waals surface area contributed by atoms with Gasteiger partial charge in [0.1, 0.15) is 39.9 Å². The topological polar surface area (TPSA) is 292 Å². The predicted octanol–water partition coefficient (Wildman–Crippen LogP) is 1.89. The Morgan fingerprint density at radius 2 is 1.05 bits per heavy atom. The first-order chi connectivity index (χ1) is 28.5. The molecule has 0 saturated heterocycles. The molecule has 6 aliphatic rings. The molecule has 8 rings (SSSR count). The minimum Gasteiger partial charge on any atom is -0.508 e. The van der Waals surface area contributed by atoms with Gasteiger partial charge >= 0.3 is 0 Å². The number of anilines is 2. The molecule has 6 atom stereocenters. The highest BCUT2D eigenvalue weighted by Crippen LogP contribution is 2.54. The van der Waals surface area contributed by atoms with Crippen LogP contribution >= 0.6 is 0 Å². The van der Waals surface area contributed by atoms with E-state index in [0.29, 0.717) is 29.7 Å². The summed E-state index contributed by atoms with van der Waals surface area (Å²) in [6, 6.07) is 7.33. The summed E-state index contributed by atoms with van der Waals surface area (Å²) in [5.74, 6) is -10.6. The molecule has 61 heavy (non-hydrogen) atoms. The predicted molar refractivity (Wildman–Crippen MR) is 219 cm³/mol. The number of primary amides is 2. The highest BCUT2D eigenvalue weighted by molar-refractivity contribution is 6.24. The van der Waals surface area contributed by atoms with Gasteiger partial charge < -0.3 is 56.6 Å². The van der Waals surface area contributed by atoms with E-state index >= 15 is 0 Å². The molecule has 322 valence electrons. The van der Waals surface area contributed by atoms with E-state index in [1.165, 1.54) is 7.11 Å². The van der Waals surface area contributed by atoms with E-state index in [2.05, 4.69) is 0 Å². The van der Waals surface area contributed by atoms with Crippen LogP contribution in [0.1, 0.15) is 53.5 Å². The van der Waals surface area contributed by atoms with Crippen LogP contribution < -0.4 is 26.0 Å². The second-order valence-corrected chi connectivity index (χ2v) is 17.0. The molecular weight excluding hydrogens is 792 g/mol. The SMILES string of the molecule is COc1ccc(N(C)C)c2c1C(O)=C1C(=O)[C@]3(O)C(O)=C(C(N)=O)C(=O)C[C@@H]3C[C@@H]1C2.Cc1ccc(N(C)C)c2c1C(O)=C1C(=O)[C@]3(O)C(O)=C(C(N)=O)C(=O)C[C@@H]3C[C@@H]1C2. The number of fused-ring (bicyclic) bond motifs is 6. The third-order valence-corrected chi connectivity index (χ3v) is 13.2. The van der Waals surface area contributed by atoms with Gasteiger partial charge in [-0.25, -0.2) is 0 Å². The van der Waals surface area contributed by atoms with Gasteiger partial charge in [-0.3, -0.25) is 28.8 Å². The van der Waals surface area contributed by atoms with Gasteiger partial charge in [0.25, 0.3) is 11.8 Å². The van der Waals surface area contributed by atoms with Crippen LogP contribution in [0.4, 0.5) is 11.4 Å². The average Bonchev–Trinajstić information content (AvgIpc) is 3.17. The second kappa shape index (κ2) is 14.6. The lowest BCUT2D eigenvalue weighted by molar-refractivity contribution is -0.148. The number of hydrogen-bond acceptors (Lipinski definition) is 15. The van der Waals surface area contributed by atoms with Crippen molar-refractivity contribution in [3.63, 3.8) is 0 Å². The largest absolute Gasteiger partial charge is 0.508 e. The zero-order valence-electron chi connectivity index (χ0n) is 34.5. The smallest absolute Gasteiger partial charge is 0.255 e. The van der Waals surface area contributed by atoms with Crippen LogP contribution in [0.5, 0.6) is 5.75 Å². The number of aliphatic hydroxyl groups is 6. The van der Waals surface area contributed by atoms with Crippen LogP contribution in [0.2, 0.25) is 0 Å². The van der Waals surface area contributed by atoms with Gasteiger partial charge in [-0.2, -0.15) is 0 Å². The molecule has 2 aromatic carbocycles. The minimum absolute atomic E-state index is 0.0185. The maximum atomic E-state index is 13.5. The molecule has 17 heteroatoms. The number of amides is 2. The van der Waals surface area contributed by atoms with Crippen LogP contribution in [-0.2, 0) is 41.6 Å². The summed E-state index contributed by atoms with van der Waals surface area (Å²) in [6.07, 6.45) is 0.594. The second-order valence-electron chi connectivity index (χ2n) is 17.0. The van der Waals surface area contributed by atoms with Crippen molar-refractivity contribution in [3.8, 4) is 5.75 Å². The van der Waals surface area contributed by atoms with Crippen molar-refractivity contribution in [2.75, 3.05) is 45.1 Å². The number of hydrogen-bond donors (Lipinski definition) is 8. The summed E-state index contributed by atoms with van der Waals surface area (Å²) < 4.78 is 5.40. The zero-order valence-corrected chi connectivity index (χ0v) is 34.5. The fourth-order valence-electron chi connectivity index (χ4n) is 10.4. The van der Waals surface area contributed by atoms with Crippen LogP contribution in [0.3, 0.4) is 0 Å². The number of carbonyl (C=O) groups is 6. The number of Topliss-reactive ketones (excluding diaryl/α,β-unsaturated/α-hetero) is 4. The monoisotopic (exact) mass is 840 g/mol. The number of ketones is 4. The number of methoxy groups -OCH3 is 1. The van der Waals surface area contributed by atoms with Gasteiger partial charge in [0.2, 0.25) is 11.6 Å². The Bertz CT molecular complexity index is 2530. The fourth-order valence-corrected chi connectivity index (χ4v) is 10.4. The first-order valence-corrected chi connectivity index (χ1v) is 19.6. The number of nitrogens with two attached hydrogens (primary N) is 2. The van der Waals surface area contributed by atoms with Crippen molar-refractivity contribution < 1.29 is 64.1 Å². The van der Waals surface area contributed by atoms with Gasteiger partial charge in [0.15, 0.2) is 22.8 Å². The molecule has 0 aromatic heterocycles. The molecule has 0 bridgehead atoms. The Morgan fingerprint density at radius 1 is 0.656 bits per heavy atom. The Balaban J connectivity index is 0.000000184. The molecule has 6 aliphatic carbocycles. The summed E-state index contributed by atoms with van der Waals surface area (Å²) in [6.45, 7) is 1.82. The maximum absolute atomic E-state index is 13.5. The molecule has 2 fully saturated rings. The van der Waals surface area contributed by atoms with E-state index in [-0.39, 0.29) is 48.3 Å². The lowest BCUT2D eigenvalue weighted by Crippen LogP contribution is -2.58. The molecule has 2 saturated carbocycles. The number of carbonyl (C=O) groups excluding carboxylic acids is 6. The number of rotatable bonds is 5. The first kappa shape index (κ1) is 42.7. The number of ether oxygens (including phenoxy) is 1. The van der Waals surface area contributed by atoms with E-state index in [0.717, 1.165) is 28.1 Å². The van der Waals surface area contributed by atoms with Crippen molar-refractivity contribution in [1.82, 2.24) is 0 Å². The average molecular weight is 841 g/mol. The molecule has 17 nitrogen and oxygen atoms in total. The van der Waals surface area contributed by atoms with E-state index in [1.807, 2.05) is 63.1 Å². The number of nitrogens with zero attached hydrogens (tertiary/aromatic N) is 2. The normalized spacial score (nSPS) is 27.8. The molecule has 0 heterocycles. The summed E-state index contributed by atoms with van der Waals surface area (Å²) >= 11 is 0. The third-order valence-electron chi connectivity index (χ3n) is 13.2. The summed E-state index contributed by atoms with van der Waals surface area (Å²) in [7, 11) is 8.94. The molecule has 2 amide bonds. The van der Waals surface area contributed by atoms with Crippen LogP contribution in [-0.4, -0.2) is 112 Å². The van der Waals surface area contributed by atoms with E-state index in [1.54, 1.807) is 6.07 Å². The van der Waals surface area contributed by atoms with Gasteiger partial charge in [-0.15, -0.1) is 0 Å². The highest BCUT2D eigenvalue weighted by Gasteiger charge is 2.62. The van der Waals surface area contributed by atoms with Crippen molar-refractivity contribution in [2.45, 2.75) is 56.7 Å². The molecule has 0 spiro atoms. The standard InChI is InChI=1S/C22H24N2O7.C22H24N2O6/c1-24(2)12-4-5-14(31-3)16-11(12)7-9-6-10-8-13(25)17(21(23)29)20(28)22(10,30)19(27)15(9)18(16)26;1-9-4-5-13(24(2)3)12-7-10-6-11-8-14(25)17(21(23)29)20(28)22(11,30)19(27)16(10)18(26)15(9)12/h4-5,9-10,26,28,30H,6-8H2,1-3H3,(H2,23,29);4-5,10-11,26,28,30H,6-8H2,1-3H3,(H2,23,29)/t9-,10+,22+;10-,11+,22+/m11/s1. The Morgan fingerprint density at radius 3 is 1.44 bits per heavy atom. The van der Waals surface area contributed by atoms with E-state index in [4.69, 9.17) is 16.2 Å². The number of benzene rings is 2. The van der Waals surface area contributed by atoms with Crippen LogP contribution in [0.25, 0.3) is 11.5 Å². The highest BCUT2D eigenvalue weighted by atomic mass is 16.5. The summed E-state index contributed by atoms with van der Waals surface area (Å²) in [5, 5.41) is 65.8. The van der Waals surface area contributed by atoms with Gasteiger partial charge in [0, 0.05) is 81.0 Å². The first-order valence-electron chi connectivity index (χ1n) is 19.6. The van der Waals surface area contributed by atoms with E-state index < -0.39 is 92.5 Å². The van der Waals surface area contributed by atoms with Gasteiger partial charge in [0.05, 0.1) is 12.7 Å². The molecule has 0 radical (unpaired) electrons. The molecule has 10 N–H and O–H groups in total. The zero-order chi connectivity index (χ0) is 44.9. The van der Waals surface area contributed by atoms with E-state index in [9.17, 15) is 59.4 Å².